The van der Waals surface area contributed by atoms with Crippen LogP contribution in [0.15, 0.2) is 0 Å². The molecule has 4 heteroatoms. The lowest BCUT2D eigenvalue weighted by Crippen LogP contribution is -2.56. The number of hydrogen-bond acceptors (Lipinski definition) is 3. The number of nitrogens with one attached hydrogen (secondary N) is 1. The fourth-order valence-corrected chi connectivity index (χ4v) is 2.56. The van der Waals surface area contributed by atoms with Crippen LogP contribution in [0.3, 0.4) is 0 Å². The monoisotopic (exact) mass is 260 g/mol. The largest absolute Gasteiger partial charge is 0.311 e. The molecule has 1 heterocycles. The summed E-state index contributed by atoms with van der Waals surface area (Å²) in [5.74, 6) is 0. The minimum atomic E-state index is -0.683. The minimum absolute atomic E-state index is 0.317. The summed E-state index contributed by atoms with van der Waals surface area (Å²) in [6.07, 6.45) is 2.85. The first kappa shape index (κ1) is 15.1. The van der Waals surface area contributed by atoms with Gasteiger partial charge in [-0.2, -0.15) is 0 Å². The number of piperazine rings is 1. The molecular weight excluding hydrogens is 232 g/mol. The van der Waals surface area contributed by atoms with Gasteiger partial charge in [0.1, 0.15) is 0 Å². The highest BCUT2D eigenvalue weighted by Gasteiger charge is 2.29. The molecule has 3 nitrogen and oxygen atoms in total. The van der Waals surface area contributed by atoms with Gasteiger partial charge in [-0.25, -0.2) is 0 Å². The molecule has 0 radical (unpaired) electrons. The zero-order valence-corrected chi connectivity index (χ0v) is 12.8. The summed E-state index contributed by atoms with van der Waals surface area (Å²) in [5.41, 5.74) is 0.317. The third kappa shape index (κ3) is 5.06. The second-order valence-electron chi connectivity index (χ2n) is 6.27. The van der Waals surface area contributed by atoms with Gasteiger partial charge in [-0.1, -0.05) is 27.7 Å². The van der Waals surface area contributed by atoms with E-state index in [1.807, 2.05) is 0 Å². The lowest BCUT2D eigenvalue weighted by molar-refractivity contribution is 0.133. The molecule has 0 aliphatic carbocycles. The third-order valence-electron chi connectivity index (χ3n) is 3.72. The molecule has 102 valence electrons. The molecule has 3 unspecified atom stereocenters. The van der Waals surface area contributed by atoms with Gasteiger partial charge in [0.05, 0.1) is 0 Å². The Balaban J connectivity index is 2.37. The van der Waals surface area contributed by atoms with Gasteiger partial charge < -0.3 is 10.2 Å². The molecule has 1 aliphatic heterocycles. The van der Waals surface area contributed by atoms with E-state index in [1.165, 1.54) is 0 Å². The van der Waals surface area contributed by atoms with E-state index in [9.17, 15) is 4.21 Å². The Hall–Kier alpha value is 0.0700. The van der Waals surface area contributed by atoms with E-state index < -0.39 is 10.8 Å². The van der Waals surface area contributed by atoms with Gasteiger partial charge >= 0.3 is 0 Å². The van der Waals surface area contributed by atoms with Crippen LogP contribution in [0.1, 0.15) is 34.1 Å². The molecule has 0 aromatic carbocycles. The van der Waals surface area contributed by atoms with Crippen molar-refractivity contribution < 1.29 is 4.21 Å². The van der Waals surface area contributed by atoms with Crippen LogP contribution in [0.5, 0.6) is 0 Å². The maximum absolute atomic E-state index is 11.3. The lowest BCUT2D eigenvalue weighted by Gasteiger charge is -2.40. The van der Waals surface area contributed by atoms with E-state index >= 15 is 0 Å². The fourth-order valence-electron chi connectivity index (χ4n) is 2.12. The first-order valence-corrected chi connectivity index (χ1v) is 8.21. The third-order valence-corrected chi connectivity index (χ3v) is 5.09. The van der Waals surface area contributed by atoms with E-state index in [2.05, 4.69) is 37.9 Å². The Morgan fingerprint density at radius 1 is 1.47 bits per heavy atom. The number of nitrogens with zero attached hydrogens (tertiary/aromatic N) is 1. The first-order valence-electron chi connectivity index (χ1n) is 6.58. The van der Waals surface area contributed by atoms with E-state index in [4.69, 9.17) is 0 Å². The Labute approximate surface area is 109 Å². The molecule has 1 aliphatic rings. The van der Waals surface area contributed by atoms with E-state index in [0.29, 0.717) is 16.7 Å². The Bertz CT molecular complexity index is 263. The molecular formula is C13H28N2OS. The number of rotatable bonds is 4. The van der Waals surface area contributed by atoms with Gasteiger partial charge in [0.15, 0.2) is 0 Å². The first-order chi connectivity index (χ1) is 7.80. The summed E-state index contributed by atoms with van der Waals surface area (Å²) < 4.78 is 11.3. The summed E-state index contributed by atoms with van der Waals surface area (Å²) in [6, 6.07) is 0.568. The summed E-state index contributed by atoms with van der Waals surface area (Å²) in [4.78, 5) is 2.51. The molecule has 0 saturated carbocycles. The maximum atomic E-state index is 11.3. The molecule has 0 amide bonds. The predicted octanol–water partition coefficient (Wildman–Crippen LogP) is 1.46. The van der Waals surface area contributed by atoms with Crippen molar-refractivity contribution in [2.45, 2.75) is 45.4 Å². The van der Waals surface area contributed by atoms with Crippen molar-refractivity contribution in [3.8, 4) is 0 Å². The topological polar surface area (TPSA) is 32.3 Å². The van der Waals surface area contributed by atoms with E-state index in [0.717, 1.165) is 32.6 Å². The molecule has 0 aromatic rings. The number of hydrogen-bond donors (Lipinski definition) is 1. The quantitative estimate of drug-likeness (QED) is 0.831. The molecule has 1 N–H and O–H groups in total. The van der Waals surface area contributed by atoms with Crippen LogP contribution in [0.4, 0.5) is 0 Å². The highest BCUT2D eigenvalue weighted by Crippen LogP contribution is 2.21. The van der Waals surface area contributed by atoms with Crippen LogP contribution in [0.25, 0.3) is 0 Å². The van der Waals surface area contributed by atoms with E-state index in [-0.39, 0.29) is 0 Å². The van der Waals surface area contributed by atoms with Crippen molar-refractivity contribution in [1.82, 2.24) is 10.2 Å². The lowest BCUT2D eigenvalue weighted by atomic mass is 9.85. The van der Waals surface area contributed by atoms with Crippen LogP contribution >= 0.6 is 0 Å². The van der Waals surface area contributed by atoms with Gasteiger partial charge in [-0.15, -0.1) is 0 Å². The molecule has 17 heavy (non-hydrogen) atoms. The Morgan fingerprint density at radius 3 is 2.65 bits per heavy atom. The highest BCUT2D eigenvalue weighted by molar-refractivity contribution is 7.84. The molecule has 0 spiro atoms. The van der Waals surface area contributed by atoms with Gasteiger partial charge in [0, 0.05) is 48.0 Å². The summed E-state index contributed by atoms with van der Waals surface area (Å²) in [5, 5.41) is 3.92. The fraction of sp³-hybridized carbons (Fsp3) is 1.00. The molecule has 1 saturated heterocycles. The van der Waals surface area contributed by atoms with Gasteiger partial charge in [-0.3, -0.25) is 4.21 Å². The summed E-state index contributed by atoms with van der Waals surface area (Å²) in [6.45, 7) is 13.3. The van der Waals surface area contributed by atoms with Crippen molar-refractivity contribution in [2.24, 2.45) is 5.41 Å². The standard InChI is InChI=1S/C13H28N2OS/c1-11(17(5)16)6-8-15-9-7-14-12(10-15)13(2,3)4/h11-12,14H,6-10H2,1-5H3. The summed E-state index contributed by atoms with van der Waals surface area (Å²) in [7, 11) is -0.683. The second kappa shape index (κ2) is 6.30. The van der Waals surface area contributed by atoms with Crippen LogP contribution < -0.4 is 5.32 Å². The van der Waals surface area contributed by atoms with Crippen molar-refractivity contribution >= 4 is 10.8 Å². The van der Waals surface area contributed by atoms with Crippen molar-refractivity contribution in [3.05, 3.63) is 0 Å². The van der Waals surface area contributed by atoms with E-state index in [1.54, 1.807) is 6.26 Å². The predicted molar refractivity (Wildman–Crippen MR) is 75.8 cm³/mol. The summed E-state index contributed by atoms with van der Waals surface area (Å²) >= 11 is 0. The van der Waals surface area contributed by atoms with Crippen molar-refractivity contribution in [3.63, 3.8) is 0 Å². The molecule has 1 rings (SSSR count). The highest BCUT2D eigenvalue weighted by atomic mass is 32.2. The SMILES string of the molecule is CC(CCN1CCNC(C(C)(C)C)C1)S(C)=O. The molecule has 0 aromatic heterocycles. The zero-order valence-electron chi connectivity index (χ0n) is 12.0. The molecule has 3 atom stereocenters. The molecule has 0 bridgehead atoms. The maximum Gasteiger partial charge on any atom is 0.0329 e. The van der Waals surface area contributed by atoms with Crippen LogP contribution in [0.2, 0.25) is 0 Å². The molecule has 1 fully saturated rings. The van der Waals surface area contributed by atoms with Gasteiger partial charge in [-0.05, 0) is 18.4 Å². The zero-order chi connectivity index (χ0) is 13.1. The van der Waals surface area contributed by atoms with Crippen LogP contribution in [-0.2, 0) is 10.8 Å². The van der Waals surface area contributed by atoms with Crippen LogP contribution in [-0.4, -0.2) is 52.8 Å². The van der Waals surface area contributed by atoms with Crippen molar-refractivity contribution in [1.29, 1.82) is 0 Å². The average molecular weight is 260 g/mol. The Morgan fingerprint density at radius 2 is 2.12 bits per heavy atom. The second-order valence-corrected chi connectivity index (χ2v) is 8.07. The van der Waals surface area contributed by atoms with Crippen molar-refractivity contribution in [2.75, 3.05) is 32.4 Å². The van der Waals surface area contributed by atoms with Crippen LogP contribution in [0, 0.1) is 5.41 Å². The Kier molecular flexibility index (Phi) is 5.61. The smallest absolute Gasteiger partial charge is 0.0329 e. The van der Waals surface area contributed by atoms with Gasteiger partial charge in [0.25, 0.3) is 0 Å². The normalized spacial score (nSPS) is 26.8. The average Bonchev–Trinajstić information content (AvgIpc) is 2.25. The van der Waals surface area contributed by atoms with Gasteiger partial charge in [0.2, 0.25) is 0 Å². The minimum Gasteiger partial charge on any atom is -0.311 e.